The normalized spacial score (nSPS) is 19.0. The molecule has 1 atom stereocenters. The number of ether oxygens (including phenoxy) is 1. The zero-order valence-electron chi connectivity index (χ0n) is 21.1. The fraction of sp³-hybridized carbons (Fsp3) is 0.417. The van der Waals surface area contributed by atoms with Crippen LogP contribution in [0.5, 0.6) is 5.75 Å². The number of amides is 1. The number of nitrogen functional groups attached to an aromatic ring is 1. The summed E-state index contributed by atoms with van der Waals surface area (Å²) in [5.41, 5.74) is -1.96. The Balaban J connectivity index is 1.79. The van der Waals surface area contributed by atoms with Crippen LogP contribution in [0.3, 0.4) is 0 Å². The predicted molar refractivity (Wildman–Crippen MR) is 123 cm³/mol. The standard InChI is InChI=1S/C24H20F9N5O4/c25-22(26,27)14-10-15(34)17-18-36-37-20(41-18)21(40,23(28,29)30)8-2-1-3-9-38(19(39)16(14)35-17)11-12-4-6-13(7-5-12)42-24(31,32)33/h4-7,10,40H,1-3,8-9,11,34H2/t21-/m1/s1. The van der Waals surface area contributed by atoms with E-state index in [-0.39, 0.29) is 31.4 Å². The van der Waals surface area contributed by atoms with E-state index in [1.807, 2.05) is 0 Å². The van der Waals surface area contributed by atoms with Gasteiger partial charge in [-0.25, -0.2) is 4.98 Å². The van der Waals surface area contributed by atoms with Crippen LogP contribution in [0.2, 0.25) is 0 Å². The topological polar surface area (TPSA) is 128 Å². The van der Waals surface area contributed by atoms with Gasteiger partial charge < -0.3 is 24.9 Å². The third-order valence-electron chi connectivity index (χ3n) is 6.29. The van der Waals surface area contributed by atoms with Gasteiger partial charge in [-0.1, -0.05) is 18.6 Å². The molecule has 3 heterocycles. The monoisotopic (exact) mass is 613 g/mol. The zero-order valence-corrected chi connectivity index (χ0v) is 21.1. The van der Waals surface area contributed by atoms with E-state index in [2.05, 4.69) is 19.9 Å². The lowest BCUT2D eigenvalue weighted by molar-refractivity contribution is -0.277. The fourth-order valence-electron chi connectivity index (χ4n) is 4.21. The average molecular weight is 613 g/mol. The molecule has 1 aliphatic rings. The molecule has 3 N–H and O–H groups in total. The third kappa shape index (κ3) is 6.52. The van der Waals surface area contributed by atoms with Gasteiger partial charge in [0.2, 0.25) is 5.60 Å². The van der Waals surface area contributed by atoms with Crippen LogP contribution in [0.15, 0.2) is 34.7 Å². The van der Waals surface area contributed by atoms with Crippen molar-refractivity contribution < 1.29 is 58.6 Å². The molecule has 1 aromatic carbocycles. The summed E-state index contributed by atoms with van der Waals surface area (Å²) in [5.74, 6) is -4.01. The first-order valence-corrected chi connectivity index (χ1v) is 12.0. The second-order valence-corrected chi connectivity index (χ2v) is 9.32. The predicted octanol–water partition coefficient (Wildman–Crippen LogP) is 5.60. The van der Waals surface area contributed by atoms with Crippen LogP contribution in [-0.4, -0.2) is 50.2 Å². The Morgan fingerprint density at radius 3 is 2.24 bits per heavy atom. The molecule has 4 bridgehead atoms. The minimum absolute atomic E-state index is 0.0337. The van der Waals surface area contributed by atoms with E-state index < -0.39 is 83.4 Å². The Morgan fingerprint density at radius 2 is 1.64 bits per heavy atom. The molecule has 0 saturated heterocycles. The zero-order chi connectivity index (χ0) is 31.1. The van der Waals surface area contributed by atoms with Gasteiger partial charge in [-0.3, -0.25) is 4.79 Å². The van der Waals surface area contributed by atoms with Crippen molar-refractivity contribution in [3.8, 4) is 17.3 Å². The number of hydrogen-bond donors (Lipinski definition) is 2. The highest BCUT2D eigenvalue weighted by Gasteiger charge is 2.58. The van der Waals surface area contributed by atoms with Gasteiger partial charge in [0.05, 0.1) is 11.3 Å². The van der Waals surface area contributed by atoms with Crippen LogP contribution in [0.1, 0.15) is 53.2 Å². The number of aromatic nitrogens is 3. The number of carbonyl (C=O) groups is 1. The van der Waals surface area contributed by atoms with Gasteiger partial charge in [-0.05, 0) is 43.0 Å². The minimum atomic E-state index is -5.28. The molecule has 3 aromatic rings. The molecule has 0 spiro atoms. The first-order valence-electron chi connectivity index (χ1n) is 12.0. The number of benzene rings is 1. The van der Waals surface area contributed by atoms with Crippen LogP contribution in [-0.2, 0) is 18.3 Å². The largest absolute Gasteiger partial charge is 0.573 e. The van der Waals surface area contributed by atoms with E-state index in [1.165, 1.54) is 0 Å². The summed E-state index contributed by atoms with van der Waals surface area (Å²) in [4.78, 5) is 18.1. The molecular weight excluding hydrogens is 593 g/mol. The van der Waals surface area contributed by atoms with Crippen molar-refractivity contribution in [1.29, 1.82) is 0 Å². The summed E-state index contributed by atoms with van der Waals surface area (Å²) in [6.07, 6.45) is -16.7. The number of anilines is 1. The van der Waals surface area contributed by atoms with Crippen LogP contribution in [0.25, 0.3) is 11.6 Å². The summed E-state index contributed by atoms with van der Waals surface area (Å²) in [5, 5.41) is 17.1. The van der Waals surface area contributed by atoms with Crippen LogP contribution >= 0.6 is 0 Å². The smallest absolute Gasteiger partial charge is 0.416 e. The molecule has 1 aliphatic heterocycles. The molecule has 2 aromatic heterocycles. The lowest BCUT2D eigenvalue weighted by Crippen LogP contribution is -2.42. The van der Waals surface area contributed by atoms with Gasteiger partial charge >= 0.3 is 18.7 Å². The third-order valence-corrected chi connectivity index (χ3v) is 6.29. The number of nitrogens with two attached hydrogens (primary N) is 1. The fourth-order valence-corrected chi connectivity index (χ4v) is 4.21. The molecule has 18 heteroatoms. The lowest BCUT2D eigenvalue weighted by atomic mass is 9.95. The van der Waals surface area contributed by atoms with E-state index in [1.54, 1.807) is 0 Å². The van der Waals surface area contributed by atoms with Gasteiger partial charge in [0.15, 0.2) is 5.69 Å². The maximum Gasteiger partial charge on any atom is 0.573 e. The first kappa shape index (κ1) is 30.9. The van der Waals surface area contributed by atoms with Crippen molar-refractivity contribution >= 4 is 11.6 Å². The highest BCUT2D eigenvalue weighted by atomic mass is 19.4. The Kier molecular flexibility index (Phi) is 8.05. The Morgan fingerprint density at radius 1 is 0.976 bits per heavy atom. The Labute approximate surface area is 230 Å². The summed E-state index contributed by atoms with van der Waals surface area (Å²) in [7, 11) is 0. The molecule has 9 nitrogen and oxygen atoms in total. The number of pyridine rings is 1. The lowest BCUT2D eigenvalue weighted by Gasteiger charge is -2.27. The van der Waals surface area contributed by atoms with Gasteiger partial charge in [0.1, 0.15) is 11.4 Å². The Hall–Kier alpha value is -4.09. The Bertz CT molecular complexity index is 1440. The summed E-state index contributed by atoms with van der Waals surface area (Å²) in [6.45, 7) is -0.706. The number of carbonyl (C=O) groups excluding carboxylic acids is 1. The summed E-state index contributed by atoms with van der Waals surface area (Å²) in [6, 6.07) is 4.50. The number of alkyl halides is 9. The van der Waals surface area contributed by atoms with Gasteiger partial charge in [-0.2, -0.15) is 26.3 Å². The number of fused-ring (bicyclic) bond motifs is 5. The van der Waals surface area contributed by atoms with E-state index in [4.69, 9.17) is 10.2 Å². The van der Waals surface area contributed by atoms with Gasteiger partial charge in [0, 0.05) is 13.1 Å². The summed E-state index contributed by atoms with van der Waals surface area (Å²) < 4.78 is 130. The number of halogens is 9. The molecule has 42 heavy (non-hydrogen) atoms. The molecule has 0 aliphatic carbocycles. The maximum atomic E-state index is 14.0. The summed E-state index contributed by atoms with van der Waals surface area (Å²) >= 11 is 0. The van der Waals surface area contributed by atoms with Crippen molar-refractivity contribution in [2.45, 2.75) is 56.5 Å². The number of hydrogen-bond acceptors (Lipinski definition) is 8. The van der Waals surface area contributed by atoms with Crippen LogP contribution < -0.4 is 10.5 Å². The minimum Gasteiger partial charge on any atom is -0.416 e. The highest BCUT2D eigenvalue weighted by Crippen LogP contribution is 2.44. The molecule has 228 valence electrons. The number of rotatable bonds is 3. The van der Waals surface area contributed by atoms with Crippen molar-refractivity contribution in [3.05, 3.63) is 53.0 Å². The average Bonchev–Trinajstić information content (AvgIpc) is 3.36. The second-order valence-electron chi connectivity index (χ2n) is 9.32. The molecule has 0 saturated carbocycles. The molecule has 0 radical (unpaired) electrons. The van der Waals surface area contributed by atoms with Crippen molar-refractivity contribution in [2.75, 3.05) is 12.3 Å². The van der Waals surface area contributed by atoms with Crippen molar-refractivity contribution in [1.82, 2.24) is 20.1 Å². The molecular formula is C24H20F9N5O4. The molecule has 4 rings (SSSR count). The van der Waals surface area contributed by atoms with Gasteiger partial charge in [-0.15, -0.1) is 23.4 Å². The maximum absolute atomic E-state index is 14.0. The number of aliphatic hydroxyl groups is 1. The van der Waals surface area contributed by atoms with E-state index in [0.29, 0.717) is 6.07 Å². The van der Waals surface area contributed by atoms with Crippen molar-refractivity contribution in [3.63, 3.8) is 0 Å². The quantitative estimate of drug-likeness (QED) is 0.366. The SMILES string of the molecule is Nc1cc(C(F)(F)F)c2nc1-c1nnc(o1)[C@@](O)(C(F)(F)F)CCCCCN(Cc1ccc(OC(F)(F)F)cc1)C2=O. The van der Waals surface area contributed by atoms with Crippen LogP contribution in [0.4, 0.5) is 45.2 Å². The van der Waals surface area contributed by atoms with E-state index in [9.17, 15) is 49.4 Å². The number of nitrogens with zero attached hydrogens (tertiary/aromatic N) is 4. The highest BCUT2D eigenvalue weighted by molar-refractivity contribution is 5.95. The van der Waals surface area contributed by atoms with E-state index in [0.717, 1.165) is 29.2 Å². The second kappa shape index (κ2) is 11.0. The van der Waals surface area contributed by atoms with Crippen LogP contribution in [0, 0.1) is 0 Å². The molecule has 1 amide bonds. The molecule has 0 fully saturated rings. The van der Waals surface area contributed by atoms with Gasteiger partial charge in [0.25, 0.3) is 17.7 Å². The first-order chi connectivity index (χ1) is 19.4. The van der Waals surface area contributed by atoms with Crippen molar-refractivity contribution in [2.24, 2.45) is 0 Å². The molecule has 0 unspecified atom stereocenters. The van der Waals surface area contributed by atoms with E-state index >= 15 is 0 Å².